The van der Waals surface area contributed by atoms with E-state index in [4.69, 9.17) is 4.74 Å². The zero-order chi connectivity index (χ0) is 12.0. The van der Waals surface area contributed by atoms with Crippen LogP contribution in [0.1, 0.15) is 26.7 Å². The lowest BCUT2D eigenvalue weighted by atomic mass is 10.5. The Balaban J connectivity index is 2.11. The van der Waals surface area contributed by atoms with Crippen molar-refractivity contribution < 1.29 is 14.3 Å². The molecule has 0 atom stereocenters. The summed E-state index contributed by atoms with van der Waals surface area (Å²) in [5, 5.41) is 2.54. The summed E-state index contributed by atoms with van der Waals surface area (Å²) in [4.78, 5) is 24.3. The minimum absolute atomic E-state index is 0.0396. The Morgan fingerprint density at radius 3 is 2.44 bits per heavy atom. The van der Waals surface area contributed by atoms with Crippen molar-refractivity contribution in [1.29, 1.82) is 0 Å². The van der Waals surface area contributed by atoms with Gasteiger partial charge < -0.3 is 15.0 Å². The molecule has 0 unspecified atom stereocenters. The number of amides is 2. The van der Waals surface area contributed by atoms with Crippen molar-refractivity contribution in [3.63, 3.8) is 0 Å². The van der Waals surface area contributed by atoms with E-state index in [1.807, 2.05) is 13.8 Å². The first-order valence-electron chi connectivity index (χ1n) is 5.85. The maximum absolute atomic E-state index is 11.5. The van der Waals surface area contributed by atoms with Gasteiger partial charge in [0.25, 0.3) is 0 Å². The number of urea groups is 1. The van der Waals surface area contributed by atoms with Gasteiger partial charge in [0, 0.05) is 13.1 Å². The van der Waals surface area contributed by atoms with E-state index in [9.17, 15) is 9.59 Å². The van der Waals surface area contributed by atoms with Crippen LogP contribution in [0.3, 0.4) is 0 Å². The standard InChI is InChI=1S/C11H20N2O3/c1-3-13(4-2)11(15)12-7-10(14)16-8-9-5-6-9/h9H,3-8H2,1-2H3,(H,12,15). The Labute approximate surface area is 96.1 Å². The largest absolute Gasteiger partial charge is 0.464 e. The number of hydrogen-bond acceptors (Lipinski definition) is 3. The fourth-order valence-electron chi connectivity index (χ4n) is 1.32. The van der Waals surface area contributed by atoms with E-state index in [2.05, 4.69) is 5.32 Å². The minimum Gasteiger partial charge on any atom is -0.464 e. The highest BCUT2D eigenvalue weighted by atomic mass is 16.5. The second kappa shape index (κ2) is 6.35. The molecule has 0 radical (unpaired) electrons. The highest BCUT2D eigenvalue weighted by Crippen LogP contribution is 2.28. The smallest absolute Gasteiger partial charge is 0.325 e. The average molecular weight is 228 g/mol. The molecule has 0 bridgehead atoms. The third kappa shape index (κ3) is 4.51. The molecule has 0 saturated heterocycles. The van der Waals surface area contributed by atoms with Gasteiger partial charge >= 0.3 is 12.0 Å². The van der Waals surface area contributed by atoms with Crippen LogP contribution in [-0.2, 0) is 9.53 Å². The molecule has 0 heterocycles. The fourth-order valence-corrected chi connectivity index (χ4v) is 1.32. The molecule has 0 aromatic carbocycles. The molecule has 1 aliphatic carbocycles. The molecule has 1 saturated carbocycles. The Hall–Kier alpha value is -1.26. The van der Waals surface area contributed by atoms with Crippen molar-refractivity contribution in [2.45, 2.75) is 26.7 Å². The van der Waals surface area contributed by atoms with Gasteiger partial charge in [-0.15, -0.1) is 0 Å². The first-order valence-corrected chi connectivity index (χ1v) is 5.85. The van der Waals surface area contributed by atoms with E-state index >= 15 is 0 Å². The summed E-state index contributed by atoms with van der Waals surface area (Å²) in [5.41, 5.74) is 0. The van der Waals surface area contributed by atoms with Crippen LogP contribution >= 0.6 is 0 Å². The summed E-state index contributed by atoms with van der Waals surface area (Å²) < 4.78 is 4.99. The molecule has 1 N–H and O–H groups in total. The molecule has 0 spiro atoms. The first kappa shape index (κ1) is 12.8. The summed E-state index contributed by atoms with van der Waals surface area (Å²) >= 11 is 0. The molecular weight excluding hydrogens is 208 g/mol. The lowest BCUT2D eigenvalue weighted by Crippen LogP contribution is -2.42. The van der Waals surface area contributed by atoms with Crippen molar-refractivity contribution in [3.8, 4) is 0 Å². The molecule has 2 amide bonds. The third-order valence-electron chi connectivity index (χ3n) is 2.61. The number of rotatable bonds is 6. The van der Waals surface area contributed by atoms with E-state index in [1.165, 1.54) is 0 Å². The van der Waals surface area contributed by atoms with Gasteiger partial charge in [-0.3, -0.25) is 4.79 Å². The highest BCUT2D eigenvalue weighted by molar-refractivity contribution is 5.80. The van der Waals surface area contributed by atoms with E-state index in [1.54, 1.807) is 4.90 Å². The van der Waals surface area contributed by atoms with Crippen LogP contribution < -0.4 is 5.32 Å². The quantitative estimate of drug-likeness (QED) is 0.690. The third-order valence-corrected chi connectivity index (χ3v) is 2.61. The van der Waals surface area contributed by atoms with E-state index in [-0.39, 0.29) is 18.5 Å². The number of esters is 1. The zero-order valence-corrected chi connectivity index (χ0v) is 9.99. The molecular formula is C11H20N2O3. The number of nitrogens with one attached hydrogen (secondary N) is 1. The summed E-state index contributed by atoms with van der Waals surface area (Å²) in [6.07, 6.45) is 2.30. The van der Waals surface area contributed by atoms with Crippen LogP contribution in [-0.4, -0.2) is 43.1 Å². The Morgan fingerprint density at radius 2 is 1.94 bits per heavy atom. The SMILES string of the molecule is CCN(CC)C(=O)NCC(=O)OCC1CC1. The molecule has 92 valence electrons. The summed E-state index contributed by atoms with van der Waals surface area (Å²) in [6, 6.07) is -0.214. The van der Waals surface area contributed by atoms with Crippen LogP contribution in [0.15, 0.2) is 0 Å². The average Bonchev–Trinajstić information content (AvgIpc) is 3.09. The van der Waals surface area contributed by atoms with E-state index in [0.29, 0.717) is 25.6 Å². The van der Waals surface area contributed by atoms with Crippen molar-refractivity contribution in [2.75, 3.05) is 26.2 Å². The van der Waals surface area contributed by atoms with Gasteiger partial charge in [-0.1, -0.05) is 0 Å². The molecule has 5 heteroatoms. The maximum atomic E-state index is 11.5. The Bertz CT molecular complexity index is 248. The molecule has 1 rings (SSSR count). The lowest BCUT2D eigenvalue weighted by molar-refractivity contribution is -0.142. The number of hydrogen-bond donors (Lipinski definition) is 1. The summed E-state index contributed by atoms with van der Waals surface area (Å²) in [5.74, 6) is 0.204. The summed E-state index contributed by atoms with van der Waals surface area (Å²) in [7, 11) is 0. The van der Waals surface area contributed by atoms with Gasteiger partial charge in [0.15, 0.2) is 0 Å². The normalized spacial score (nSPS) is 14.4. The predicted octanol–water partition coefficient (Wildman–Crippen LogP) is 0.991. The van der Waals surface area contributed by atoms with Gasteiger partial charge in [0.2, 0.25) is 0 Å². The fraction of sp³-hybridized carbons (Fsp3) is 0.818. The Kier molecular flexibility index (Phi) is 5.08. The molecule has 16 heavy (non-hydrogen) atoms. The molecule has 1 fully saturated rings. The van der Waals surface area contributed by atoms with Crippen LogP contribution in [0, 0.1) is 5.92 Å². The van der Waals surface area contributed by atoms with Crippen molar-refractivity contribution in [1.82, 2.24) is 10.2 Å². The van der Waals surface area contributed by atoms with E-state index < -0.39 is 0 Å². The van der Waals surface area contributed by atoms with Gasteiger partial charge in [-0.2, -0.15) is 0 Å². The van der Waals surface area contributed by atoms with Crippen molar-refractivity contribution >= 4 is 12.0 Å². The van der Waals surface area contributed by atoms with Gasteiger partial charge in [0.05, 0.1) is 6.61 Å². The Morgan fingerprint density at radius 1 is 1.31 bits per heavy atom. The van der Waals surface area contributed by atoms with Crippen molar-refractivity contribution in [3.05, 3.63) is 0 Å². The molecule has 0 aromatic rings. The van der Waals surface area contributed by atoms with Crippen LogP contribution in [0.5, 0.6) is 0 Å². The topological polar surface area (TPSA) is 58.6 Å². The lowest BCUT2D eigenvalue weighted by Gasteiger charge is -2.18. The molecule has 0 aliphatic heterocycles. The zero-order valence-electron chi connectivity index (χ0n) is 9.99. The monoisotopic (exact) mass is 228 g/mol. The molecule has 5 nitrogen and oxygen atoms in total. The number of nitrogens with zero attached hydrogens (tertiary/aromatic N) is 1. The molecule has 0 aromatic heterocycles. The predicted molar refractivity (Wildman–Crippen MR) is 60.0 cm³/mol. The highest BCUT2D eigenvalue weighted by Gasteiger charge is 2.23. The number of ether oxygens (including phenoxy) is 1. The van der Waals surface area contributed by atoms with Crippen LogP contribution in [0.25, 0.3) is 0 Å². The van der Waals surface area contributed by atoms with Crippen LogP contribution in [0.2, 0.25) is 0 Å². The maximum Gasteiger partial charge on any atom is 0.325 e. The molecule has 1 aliphatic rings. The minimum atomic E-state index is -0.354. The van der Waals surface area contributed by atoms with E-state index in [0.717, 1.165) is 12.8 Å². The second-order valence-corrected chi connectivity index (χ2v) is 3.96. The van der Waals surface area contributed by atoms with Gasteiger partial charge in [0.1, 0.15) is 6.54 Å². The van der Waals surface area contributed by atoms with Crippen molar-refractivity contribution in [2.24, 2.45) is 5.92 Å². The number of carbonyl (C=O) groups excluding carboxylic acids is 2. The van der Waals surface area contributed by atoms with Gasteiger partial charge in [-0.25, -0.2) is 4.79 Å². The first-order chi connectivity index (χ1) is 7.67. The van der Waals surface area contributed by atoms with Crippen LogP contribution in [0.4, 0.5) is 4.79 Å². The summed E-state index contributed by atoms with van der Waals surface area (Å²) in [6.45, 7) is 5.53. The number of carbonyl (C=O) groups is 2. The second-order valence-electron chi connectivity index (χ2n) is 3.96. The van der Waals surface area contributed by atoms with Gasteiger partial charge in [-0.05, 0) is 32.6 Å².